The zero-order chi connectivity index (χ0) is 17.6. The minimum absolute atomic E-state index is 0.591. The second-order valence-corrected chi connectivity index (χ2v) is 5.50. The van der Waals surface area contributed by atoms with Gasteiger partial charge in [-0.25, -0.2) is 0 Å². The first-order valence-corrected chi connectivity index (χ1v) is 7.97. The van der Waals surface area contributed by atoms with E-state index in [9.17, 15) is 0 Å². The van der Waals surface area contributed by atoms with Gasteiger partial charge in [0.2, 0.25) is 0 Å². The fourth-order valence-electron chi connectivity index (χ4n) is 2.52. The lowest BCUT2D eigenvalue weighted by Gasteiger charge is -2.10. The molecule has 0 spiro atoms. The summed E-state index contributed by atoms with van der Waals surface area (Å²) in [4.78, 5) is 4.44. The number of aromatic nitrogens is 4. The standard InChI is InChI=1S/C18H21N5O2/c1-13-21-22-18(23(13)9-10-24-2)17-12-15(7-8-19-17)20-14-5-4-6-16(11-14)25-3/h4-8,11-12H,9-10H2,1-3H3,(H,19,20). The van der Waals surface area contributed by atoms with Crippen LogP contribution in [0.4, 0.5) is 11.4 Å². The number of nitrogens with zero attached hydrogens (tertiary/aromatic N) is 4. The average Bonchev–Trinajstić information content (AvgIpc) is 3.01. The van der Waals surface area contributed by atoms with Gasteiger partial charge in [-0.15, -0.1) is 10.2 Å². The lowest BCUT2D eigenvalue weighted by atomic mass is 10.2. The van der Waals surface area contributed by atoms with E-state index in [0.717, 1.165) is 34.5 Å². The van der Waals surface area contributed by atoms with Crippen LogP contribution in [-0.4, -0.2) is 40.6 Å². The molecular weight excluding hydrogens is 318 g/mol. The van der Waals surface area contributed by atoms with Crippen LogP contribution in [-0.2, 0) is 11.3 Å². The van der Waals surface area contributed by atoms with E-state index >= 15 is 0 Å². The number of nitrogens with one attached hydrogen (secondary N) is 1. The predicted octanol–water partition coefficient (Wildman–Crippen LogP) is 3.05. The third-order valence-electron chi connectivity index (χ3n) is 3.80. The Bertz CT molecular complexity index is 847. The summed E-state index contributed by atoms with van der Waals surface area (Å²) in [5, 5.41) is 11.8. The lowest BCUT2D eigenvalue weighted by molar-refractivity contribution is 0.187. The summed E-state index contributed by atoms with van der Waals surface area (Å²) < 4.78 is 12.4. The molecule has 2 aromatic heterocycles. The zero-order valence-electron chi connectivity index (χ0n) is 14.6. The summed E-state index contributed by atoms with van der Waals surface area (Å²) in [6.45, 7) is 3.19. The van der Waals surface area contributed by atoms with Crippen molar-refractivity contribution in [1.82, 2.24) is 19.7 Å². The second-order valence-electron chi connectivity index (χ2n) is 5.50. The molecule has 25 heavy (non-hydrogen) atoms. The van der Waals surface area contributed by atoms with E-state index < -0.39 is 0 Å². The van der Waals surface area contributed by atoms with E-state index in [1.54, 1.807) is 20.4 Å². The molecule has 0 saturated carbocycles. The highest BCUT2D eigenvalue weighted by Gasteiger charge is 2.12. The van der Waals surface area contributed by atoms with Crippen molar-refractivity contribution in [3.63, 3.8) is 0 Å². The van der Waals surface area contributed by atoms with Gasteiger partial charge in [0, 0.05) is 37.3 Å². The van der Waals surface area contributed by atoms with Gasteiger partial charge in [-0.2, -0.15) is 0 Å². The van der Waals surface area contributed by atoms with Gasteiger partial charge in [0.1, 0.15) is 17.3 Å². The van der Waals surface area contributed by atoms with Crippen molar-refractivity contribution in [2.24, 2.45) is 0 Å². The Kier molecular flexibility index (Phi) is 5.25. The van der Waals surface area contributed by atoms with Gasteiger partial charge >= 0.3 is 0 Å². The molecule has 0 amide bonds. The molecule has 2 heterocycles. The highest BCUT2D eigenvalue weighted by Crippen LogP contribution is 2.24. The van der Waals surface area contributed by atoms with Crippen molar-refractivity contribution in [3.8, 4) is 17.3 Å². The number of rotatable bonds is 7. The van der Waals surface area contributed by atoms with Gasteiger partial charge in [0.05, 0.1) is 13.7 Å². The highest BCUT2D eigenvalue weighted by atomic mass is 16.5. The average molecular weight is 339 g/mol. The van der Waals surface area contributed by atoms with E-state index in [1.807, 2.05) is 47.9 Å². The molecule has 130 valence electrons. The lowest BCUT2D eigenvalue weighted by Crippen LogP contribution is -2.08. The maximum Gasteiger partial charge on any atom is 0.182 e. The molecule has 0 saturated heterocycles. The summed E-state index contributed by atoms with van der Waals surface area (Å²) >= 11 is 0. The van der Waals surface area contributed by atoms with Crippen LogP contribution in [0.5, 0.6) is 5.75 Å². The zero-order valence-corrected chi connectivity index (χ0v) is 14.6. The van der Waals surface area contributed by atoms with E-state index in [4.69, 9.17) is 9.47 Å². The first-order chi connectivity index (χ1) is 12.2. The SMILES string of the molecule is COCCn1c(C)nnc1-c1cc(Nc2cccc(OC)c2)ccn1. The van der Waals surface area contributed by atoms with Gasteiger partial charge in [0.15, 0.2) is 5.82 Å². The molecular formula is C18H21N5O2. The molecule has 0 atom stereocenters. The molecule has 0 bridgehead atoms. The molecule has 0 radical (unpaired) electrons. The van der Waals surface area contributed by atoms with Crippen LogP contribution in [0.25, 0.3) is 11.5 Å². The Balaban J connectivity index is 1.87. The van der Waals surface area contributed by atoms with Crippen molar-refractivity contribution >= 4 is 11.4 Å². The smallest absolute Gasteiger partial charge is 0.182 e. The first kappa shape index (κ1) is 16.9. The summed E-state index contributed by atoms with van der Waals surface area (Å²) in [5.74, 6) is 2.36. The number of methoxy groups -OCH3 is 2. The quantitative estimate of drug-likeness (QED) is 0.713. The van der Waals surface area contributed by atoms with E-state index in [1.165, 1.54) is 0 Å². The Hall–Kier alpha value is -2.93. The molecule has 3 aromatic rings. The van der Waals surface area contributed by atoms with Crippen molar-refractivity contribution in [2.45, 2.75) is 13.5 Å². The van der Waals surface area contributed by atoms with Crippen LogP contribution < -0.4 is 10.1 Å². The third-order valence-corrected chi connectivity index (χ3v) is 3.80. The molecule has 0 aliphatic heterocycles. The normalized spacial score (nSPS) is 10.7. The van der Waals surface area contributed by atoms with Crippen LogP contribution in [0, 0.1) is 6.92 Å². The maximum atomic E-state index is 5.26. The van der Waals surface area contributed by atoms with Crippen molar-refractivity contribution in [2.75, 3.05) is 26.1 Å². The van der Waals surface area contributed by atoms with Crippen LogP contribution in [0.3, 0.4) is 0 Å². The minimum atomic E-state index is 0.591. The predicted molar refractivity (Wildman–Crippen MR) is 96.1 cm³/mol. The molecule has 7 nitrogen and oxygen atoms in total. The van der Waals surface area contributed by atoms with Crippen LogP contribution in [0.1, 0.15) is 5.82 Å². The van der Waals surface area contributed by atoms with Gasteiger partial charge in [-0.05, 0) is 31.2 Å². The minimum Gasteiger partial charge on any atom is -0.497 e. The molecule has 0 aliphatic rings. The fraction of sp³-hybridized carbons (Fsp3) is 0.278. The topological polar surface area (TPSA) is 74.1 Å². The third kappa shape index (κ3) is 3.95. The van der Waals surface area contributed by atoms with Gasteiger partial charge in [-0.1, -0.05) is 6.07 Å². The molecule has 0 aliphatic carbocycles. The number of anilines is 2. The maximum absolute atomic E-state index is 5.26. The van der Waals surface area contributed by atoms with Gasteiger partial charge in [0.25, 0.3) is 0 Å². The van der Waals surface area contributed by atoms with E-state index in [0.29, 0.717) is 13.2 Å². The van der Waals surface area contributed by atoms with E-state index in [-0.39, 0.29) is 0 Å². The Morgan fingerprint density at radius 2 is 1.92 bits per heavy atom. The number of hydrogen-bond acceptors (Lipinski definition) is 6. The monoisotopic (exact) mass is 339 g/mol. The van der Waals surface area contributed by atoms with Gasteiger partial charge in [-0.3, -0.25) is 4.98 Å². The van der Waals surface area contributed by atoms with Gasteiger partial charge < -0.3 is 19.4 Å². The summed E-state index contributed by atoms with van der Waals surface area (Å²) in [7, 11) is 3.33. The molecule has 7 heteroatoms. The number of pyridine rings is 1. The van der Waals surface area contributed by atoms with Crippen molar-refractivity contribution < 1.29 is 9.47 Å². The number of hydrogen-bond donors (Lipinski definition) is 1. The molecule has 1 N–H and O–H groups in total. The molecule has 3 rings (SSSR count). The number of benzene rings is 1. The molecule has 0 fully saturated rings. The van der Waals surface area contributed by atoms with Crippen LogP contribution in [0.2, 0.25) is 0 Å². The van der Waals surface area contributed by atoms with Crippen LogP contribution >= 0.6 is 0 Å². The van der Waals surface area contributed by atoms with Crippen molar-refractivity contribution in [1.29, 1.82) is 0 Å². The summed E-state index contributed by atoms with van der Waals surface area (Å²) in [5.41, 5.74) is 2.61. The fourth-order valence-corrected chi connectivity index (χ4v) is 2.52. The molecule has 1 aromatic carbocycles. The Morgan fingerprint density at radius 1 is 1.08 bits per heavy atom. The van der Waals surface area contributed by atoms with E-state index in [2.05, 4.69) is 20.5 Å². The summed E-state index contributed by atoms with van der Waals surface area (Å²) in [6, 6.07) is 11.6. The van der Waals surface area contributed by atoms with Crippen LogP contribution in [0.15, 0.2) is 42.6 Å². The van der Waals surface area contributed by atoms with Crippen molar-refractivity contribution in [3.05, 3.63) is 48.4 Å². The Labute approximate surface area is 146 Å². The summed E-state index contributed by atoms with van der Waals surface area (Å²) in [6.07, 6.45) is 1.75. The first-order valence-electron chi connectivity index (χ1n) is 7.97. The Morgan fingerprint density at radius 3 is 2.72 bits per heavy atom. The second kappa shape index (κ2) is 7.76. The largest absolute Gasteiger partial charge is 0.497 e. The number of aryl methyl sites for hydroxylation is 1. The highest BCUT2D eigenvalue weighted by molar-refractivity contribution is 5.65. The number of ether oxygens (including phenoxy) is 2. The molecule has 0 unspecified atom stereocenters.